The van der Waals surface area contributed by atoms with E-state index in [0.29, 0.717) is 0 Å². The van der Waals surface area contributed by atoms with E-state index in [2.05, 4.69) is 45.8 Å². The van der Waals surface area contributed by atoms with E-state index in [-0.39, 0.29) is 20.4 Å². The Bertz CT molecular complexity index is 845. The first-order valence-electron chi connectivity index (χ1n) is 8.44. The van der Waals surface area contributed by atoms with Gasteiger partial charge in [0, 0.05) is 57.6 Å². The number of pyridine rings is 1. The quantitative estimate of drug-likeness (QED) is 0.255. The van der Waals surface area contributed by atoms with Crippen LogP contribution in [0.2, 0.25) is 0 Å². The number of rotatable bonds is 4. The first-order chi connectivity index (χ1) is 13.4. The third-order valence-corrected chi connectivity index (χ3v) is 4.43. The second-order valence-corrected chi connectivity index (χ2v) is 5.89. The topological polar surface area (TPSA) is 128 Å². The molecule has 0 saturated carbocycles. The Labute approximate surface area is 174 Å². The molecule has 0 spiro atoms. The van der Waals surface area contributed by atoms with Crippen molar-refractivity contribution in [2.24, 2.45) is 0 Å². The molecule has 0 bridgehead atoms. The van der Waals surface area contributed by atoms with Crippen molar-refractivity contribution < 1.29 is 20.4 Å². The van der Waals surface area contributed by atoms with Gasteiger partial charge >= 0.3 is 0 Å². The maximum Gasteiger partial charge on any atom is 0.196 e. The van der Waals surface area contributed by atoms with Crippen molar-refractivity contribution in [2.75, 3.05) is 0 Å². The van der Waals surface area contributed by atoms with Crippen LogP contribution in [0, 0.1) is 0 Å². The van der Waals surface area contributed by atoms with Crippen LogP contribution in [-0.2, 0) is 20.4 Å². The summed E-state index contributed by atoms with van der Waals surface area (Å²) in [5.41, 5.74) is 3.34. The largest absolute Gasteiger partial charge is 0.289 e. The number of hydrogen-bond donors (Lipinski definition) is 4. The summed E-state index contributed by atoms with van der Waals surface area (Å²) < 4.78 is 0. The Morgan fingerprint density at radius 1 is 0.536 bits per heavy atom. The summed E-state index contributed by atoms with van der Waals surface area (Å²) in [6.07, 6.45) is 9.03. The first kappa shape index (κ1) is 19.5. The molecule has 0 amide bonds. The third-order valence-electron chi connectivity index (χ3n) is 4.43. The minimum absolute atomic E-state index is 0. The zero-order valence-electron chi connectivity index (χ0n) is 14.6. The second kappa shape index (κ2) is 9.08. The smallest absolute Gasteiger partial charge is 0.196 e. The molecule has 0 saturated heterocycles. The van der Waals surface area contributed by atoms with Gasteiger partial charge in [-0.1, -0.05) is 52.7 Å². The molecule has 0 atom stereocenters. The second-order valence-electron chi connectivity index (χ2n) is 5.89. The molecule has 28 heavy (non-hydrogen) atoms. The zero-order chi connectivity index (χ0) is 18.4. The molecule has 0 aliphatic heterocycles. The van der Waals surface area contributed by atoms with Crippen LogP contribution in [0.1, 0.15) is 0 Å². The number of aromatic amines is 4. The standard InChI is InChI=1S/C12H12BN8.C5H5N.Pd/c1-5-14-18-9(1)13(10-2-6-15-19-10,11-3-7-16-20-11)12-4-8-17-21-12;1-2-4-6-5-3-1;/h1-8H,(H,14,18)(H,15,19)(H,16,20)(H,17,21);1-5H;/q-1;;. The van der Waals surface area contributed by atoms with Gasteiger partial charge in [0.2, 0.25) is 0 Å². The molecular weight excluding hydrogens is 447 g/mol. The molecule has 0 aliphatic carbocycles. The Balaban J connectivity index is 0.000000278. The predicted octanol–water partition coefficient (Wildman–Crippen LogP) is -0.964. The summed E-state index contributed by atoms with van der Waals surface area (Å²) in [5, 5.41) is 29.1. The molecule has 0 unspecified atom stereocenters. The maximum atomic E-state index is 4.40. The van der Waals surface area contributed by atoms with E-state index in [1.165, 1.54) is 0 Å². The molecule has 0 aliphatic rings. The van der Waals surface area contributed by atoms with Crippen molar-refractivity contribution >= 4 is 28.5 Å². The molecule has 0 radical (unpaired) electrons. The molecule has 0 aromatic carbocycles. The molecule has 4 N–H and O–H groups in total. The van der Waals surface area contributed by atoms with Crippen LogP contribution >= 0.6 is 0 Å². The van der Waals surface area contributed by atoms with Gasteiger partial charge in [0.1, 0.15) is 0 Å². The van der Waals surface area contributed by atoms with E-state index in [9.17, 15) is 0 Å². The minimum Gasteiger partial charge on any atom is -0.289 e. The fourth-order valence-electron chi connectivity index (χ4n) is 3.27. The van der Waals surface area contributed by atoms with Gasteiger partial charge in [-0.3, -0.25) is 25.4 Å². The molecule has 5 aromatic heterocycles. The van der Waals surface area contributed by atoms with Crippen molar-refractivity contribution in [1.82, 2.24) is 45.8 Å². The summed E-state index contributed by atoms with van der Waals surface area (Å²) >= 11 is 0. The summed E-state index contributed by atoms with van der Waals surface area (Å²) in [6.45, 7) is 0. The Hall–Kier alpha value is -3.28. The van der Waals surface area contributed by atoms with Gasteiger partial charge in [-0.25, -0.2) is 20.4 Å². The van der Waals surface area contributed by atoms with Gasteiger partial charge < -0.3 is 0 Å². The molecule has 144 valence electrons. The van der Waals surface area contributed by atoms with E-state index in [1.807, 2.05) is 42.5 Å². The van der Waals surface area contributed by atoms with Gasteiger partial charge in [-0.15, -0.1) is 0 Å². The first-order valence-corrected chi connectivity index (χ1v) is 8.44. The fourth-order valence-corrected chi connectivity index (χ4v) is 3.27. The molecule has 5 rings (SSSR count). The van der Waals surface area contributed by atoms with Gasteiger partial charge in [0.15, 0.2) is 6.15 Å². The molecule has 9 nitrogen and oxygen atoms in total. The average molecular weight is 465 g/mol. The van der Waals surface area contributed by atoms with Crippen molar-refractivity contribution in [3.8, 4) is 0 Å². The van der Waals surface area contributed by atoms with E-state index >= 15 is 0 Å². The molecule has 5 heterocycles. The maximum absolute atomic E-state index is 4.40. The number of hydrogen-bond acceptors (Lipinski definition) is 5. The van der Waals surface area contributed by atoms with Crippen molar-refractivity contribution in [3.63, 3.8) is 0 Å². The average Bonchev–Trinajstić information content (AvgIpc) is 3.55. The van der Waals surface area contributed by atoms with Gasteiger partial charge in [-0.05, 0) is 12.1 Å². The van der Waals surface area contributed by atoms with Crippen LogP contribution in [0.4, 0.5) is 0 Å². The van der Waals surface area contributed by atoms with Gasteiger partial charge in [-0.2, -0.15) is 0 Å². The summed E-state index contributed by atoms with van der Waals surface area (Å²) in [7, 11) is 0. The van der Waals surface area contributed by atoms with Crippen molar-refractivity contribution in [1.29, 1.82) is 0 Å². The van der Waals surface area contributed by atoms with Crippen LogP contribution in [0.5, 0.6) is 0 Å². The van der Waals surface area contributed by atoms with E-state index < -0.39 is 6.15 Å². The van der Waals surface area contributed by atoms with Crippen LogP contribution in [-0.4, -0.2) is 51.9 Å². The van der Waals surface area contributed by atoms with Crippen LogP contribution in [0.15, 0.2) is 79.6 Å². The molecule has 5 aromatic rings. The van der Waals surface area contributed by atoms with Crippen LogP contribution < -0.4 is 22.4 Å². The number of nitrogens with one attached hydrogen (secondary N) is 4. The summed E-state index contributed by atoms with van der Waals surface area (Å²) in [5.74, 6) is 0. The van der Waals surface area contributed by atoms with Gasteiger partial charge in [0.25, 0.3) is 0 Å². The SMILES string of the molecule is [Pd].c1cc([B-](c2cc[nH]n2)(c2cc[nH]n2)c2cc[nH]n2)n[nH]1.c1ccncc1. The van der Waals surface area contributed by atoms with E-state index in [4.69, 9.17) is 0 Å². The van der Waals surface area contributed by atoms with Crippen molar-refractivity contribution in [2.45, 2.75) is 0 Å². The van der Waals surface area contributed by atoms with Crippen LogP contribution in [0.25, 0.3) is 0 Å². The summed E-state index contributed by atoms with van der Waals surface area (Å²) in [4.78, 5) is 3.78. The predicted molar refractivity (Wildman–Crippen MR) is 103 cm³/mol. The normalized spacial score (nSPS) is 10.6. The molecular formula is C17H17BN9Pd-. The Morgan fingerprint density at radius 2 is 0.893 bits per heavy atom. The van der Waals surface area contributed by atoms with Gasteiger partial charge in [0.05, 0.1) is 0 Å². The molecule has 0 fully saturated rings. The zero-order valence-corrected chi connectivity index (χ0v) is 16.2. The number of nitrogens with zero attached hydrogens (tertiary/aromatic N) is 5. The minimum atomic E-state index is -1.62. The fraction of sp³-hybridized carbons (Fsp3) is 0. The Kier molecular flexibility index (Phi) is 6.32. The third kappa shape index (κ3) is 3.58. The van der Waals surface area contributed by atoms with E-state index in [1.54, 1.807) is 37.2 Å². The monoisotopic (exact) mass is 464 g/mol. The molecule has 11 heteroatoms. The number of aromatic nitrogens is 9. The van der Waals surface area contributed by atoms with E-state index in [0.717, 1.165) is 22.4 Å². The summed E-state index contributed by atoms with van der Waals surface area (Å²) in [6, 6.07) is 13.4. The van der Waals surface area contributed by atoms with Crippen LogP contribution in [0.3, 0.4) is 0 Å². The Morgan fingerprint density at radius 3 is 1.07 bits per heavy atom. The number of H-pyrrole nitrogens is 4. The van der Waals surface area contributed by atoms with Crippen molar-refractivity contribution in [3.05, 3.63) is 79.6 Å².